The molecule has 1 saturated carbocycles. The van der Waals surface area contributed by atoms with E-state index in [1.807, 2.05) is 0 Å². The number of rotatable bonds is 4. The number of benzene rings is 4. The Morgan fingerprint density at radius 3 is 2.62 bits per heavy atom. The molecule has 4 nitrogen and oxygen atoms in total. The average molecular weight is 611 g/mol. The maximum Gasteiger partial charge on any atom is 0.306 e. The molecule has 226 valence electrons. The van der Waals surface area contributed by atoms with Crippen molar-refractivity contribution in [3.05, 3.63) is 92.1 Å². The summed E-state index contributed by atoms with van der Waals surface area (Å²) in [7, 11) is 0. The number of esters is 1. The molecule has 4 aromatic carbocycles. The molecule has 0 aliphatic heterocycles. The van der Waals surface area contributed by atoms with Gasteiger partial charge in [-0.15, -0.1) is 0 Å². The number of carboxylic acid groups (broad SMARTS) is 1. The first kappa shape index (κ1) is 24.5. The zero-order valence-electron chi connectivity index (χ0n) is 25.8. The van der Waals surface area contributed by atoms with Gasteiger partial charge < -0.3 is 9.84 Å². The number of allylic oxidation sites excluding steroid dienone is 6. The minimum atomic E-state index is -0.961. The van der Waals surface area contributed by atoms with E-state index in [4.69, 9.17) is 9.84 Å². The molecular weight excluding hydrogens is 580 g/mol. The van der Waals surface area contributed by atoms with Crippen molar-refractivity contribution in [2.75, 3.05) is 0 Å². The zero-order chi connectivity index (χ0) is 30.6. The molecule has 0 radical (unpaired) electrons. The molecule has 0 saturated heterocycles. The third-order valence-electron chi connectivity index (χ3n) is 13.6. The van der Waals surface area contributed by atoms with Crippen molar-refractivity contribution in [3.63, 3.8) is 0 Å². The quantitative estimate of drug-likeness (QED) is 0.163. The van der Waals surface area contributed by atoms with E-state index >= 15 is 0 Å². The highest BCUT2D eigenvalue weighted by molar-refractivity contribution is 6.35. The van der Waals surface area contributed by atoms with Crippen molar-refractivity contribution in [1.82, 2.24) is 0 Å². The molecule has 9 aliphatic rings. The van der Waals surface area contributed by atoms with Crippen LogP contribution in [0.5, 0.6) is 0 Å². The van der Waals surface area contributed by atoms with Gasteiger partial charge in [0.15, 0.2) is 0 Å². The van der Waals surface area contributed by atoms with Crippen molar-refractivity contribution in [1.29, 1.82) is 0 Å². The van der Waals surface area contributed by atoms with Crippen molar-refractivity contribution in [3.8, 4) is 22.3 Å². The molecule has 1 N–H and O–H groups in total. The molecule has 0 spiro atoms. The monoisotopic (exact) mass is 610 g/mol. The van der Waals surface area contributed by atoms with E-state index in [2.05, 4.69) is 48.6 Å². The van der Waals surface area contributed by atoms with E-state index in [9.17, 15) is 9.59 Å². The van der Waals surface area contributed by atoms with E-state index in [1.54, 1.807) is 49.6 Å². The van der Waals surface area contributed by atoms with Crippen LogP contribution in [0.3, 0.4) is 0 Å². The molecule has 47 heavy (non-hydrogen) atoms. The fourth-order valence-electron chi connectivity index (χ4n) is 12.1. The van der Waals surface area contributed by atoms with Gasteiger partial charge in [0.1, 0.15) is 6.10 Å². The lowest BCUT2D eigenvalue weighted by Gasteiger charge is -2.38. The van der Waals surface area contributed by atoms with Crippen molar-refractivity contribution in [2.45, 2.75) is 75.2 Å². The Morgan fingerprint density at radius 2 is 1.70 bits per heavy atom. The Morgan fingerprint density at radius 1 is 0.809 bits per heavy atom. The van der Waals surface area contributed by atoms with Crippen molar-refractivity contribution in [2.24, 2.45) is 5.92 Å². The molecule has 0 amide bonds. The van der Waals surface area contributed by atoms with Crippen LogP contribution in [0, 0.1) is 5.92 Å². The normalized spacial score (nSPS) is 27.1. The first-order chi connectivity index (χ1) is 23.0. The van der Waals surface area contributed by atoms with Crippen LogP contribution in [0.15, 0.2) is 42.0 Å². The summed E-state index contributed by atoms with van der Waals surface area (Å²) in [5, 5.41) is 15.4. The van der Waals surface area contributed by atoms with Gasteiger partial charge in [0, 0.05) is 23.7 Å². The second kappa shape index (κ2) is 7.71. The molecule has 13 rings (SSSR count). The average Bonchev–Trinajstić information content (AvgIpc) is 3.67. The summed E-state index contributed by atoms with van der Waals surface area (Å²) >= 11 is 0. The Bertz CT molecular complexity index is 2520. The maximum atomic E-state index is 12.8. The van der Waals surface area contributed by atoms with Crippen LogP contribution in [-0.4, -0.2) is 23.1 Å². The Balaban J connectivity index is 1.16. The van der Waals surface area contributed by atoms with E-state index in [-0.39, 0.29) is 30.8 Å². The lowest BCUT2D eigenvalue weighted by molar-refractivity contribution is -0.153. The topological polar surface area (TPSA) is 63.6 Å². The lowest BCUT2D eigenvalue weighted by Crippen LogP contribution is -2.27. The van der Waals surface area contributed by atoms with E-state index in [1.165, 1.54) is 67.5 Å². The van der Waals surface area contributed by atoms with Gasteiger partial charge in [-0.2, -0.15) is 0 Å². The highest BCUT2D eigenvalue weighted by Gasteiger charge is 2.51. The van der Waals surface area contributed by atoms with Crippen LogP contribution < -0.4 is 0 Å². The fraction of sp³-hybridized carbons (Fsp3) is 0.302. The minimum absolute atomic E-state index is 0.0705. The van der Waals surface area contributed by atoms with Crippen molar-refractivity contribution < 1.29 is 19.4 Å². The Kier molecular flexibility index (Phi) is 4.01. The maximum absolute atomic E-state index is 12.8. The highest BCUT2D eigenvalue weighted by atomic mass is 16.5. The molecule has 0 aromatic heterocycles. The lowest BCUT2D eigenvalue weighted by atomic mass is 9.65. The van der Waals surface area contributed by atoms with Crippen LogP contribution in [0.1, 0.15) is 113 Å². The highest BCUT2D eigenvalue weighted by Crippen LogP contribution is 2.71. The van der Waals surface area contributed by atoms with Gasteiger partial charge in [-0.3, -0.25) is 9.59 Å². The van der Waals surface area contributed by atoms with Crippen LogP contribution >= 0.6 is 0 Å². The summed E-state index contributed by atoms with van der Waals surface area (Å²) in [6.45, 7) is 0. The second-order valence-electron chi connectivity index (χ2n) is 15.5. The molecule has 4 heteroatoms. The summed E-state index contributed by atoms with van der Waals surface area (Å²) in [5.41, 5.74) is 24.3. The SMILES string of the molecule is O=C(O)CCC(=O)OC1CCC2=C3Cc4cc5c6c7c4c3c3c4c8c9c%10c(c47)C6C(C=C5)C=C%10CCC9C=Cc4ccc(c-3c4-8)C2C1. The minimum Gasteiger partial charge on any atom is -0.481 e. The van der Waals surface area contributed by atoms with Crippen molar-refractivity contribution >= 4 is 56.8 Å². The molecule has 9 aliphatic carbocycles. The van der Waals surface area contributed by atoms with E-state index in [0.717, 1.165) is 32.1 Å². The molecule has 0 heterocycles. The molecular formula is C43H30O4. The number of ether oxygens (including phenoxy) is 1. The molecule has 5 unspecified atom stereocenters. The van der Waals surface area contributed by atoms with Crippen LogP contribution in [0.2, 0.25) is 0 Å². The standard InChI is InChI=1S/C43H30O4/c44-28(45)11-12-29(46)47-23-8-10-24-26(16-23)25-9-7-18-2-1-17-3-4-19-13-20-5-6-21-14-22-15-27(24)37-35(22)40-34(21)33(20)39-32(19)30(17)38-31(18)36(25)41(37)43(38)42(39)40/h1-2,5-7,9,13-14,17,20,23,26,33H,3-4,8,10-12,15-16H2,(H,44,45). The van der Waals surface area contributed by atoms with Crippen LogP contribution in [0.4, 0.5) is 0 Å². The number of hydrogen-bond donors (Lipinski definition) is 1. The van der Waals surface area contributed by atoms with E-state index < -0.39 is 5.97 Å². The van der Waals surface area contributed by atoms with Gasteiger partial charge in [-0.05, 0) is 144 Å². The predicted molar refractivity (Wildman–Crippen MR) is 183 cm³/mol. The predicted octanol–water partition coefficient (Wildman–Crippen LogP) is 9.40. The van der Waals surface area contributed by atoms with Crippen LogP contribution in [0.25, 0.3) is 67.1 Å². The smallest absolute Gasteiger partial charge is 0.306 e. The summed E-state index contributed by atoms with van der Waals surface area (Å²) in [6, 6.07) is 7.33. The summed E-state index contributed by atoms with van der Waals surface area (Å²) in [4.78, 5) is 23.9. The number of fused-ring (bicyclic) bond motifs is 2. The van der Waals surface area contributed by atoms with Gasteiger partial charge in [0.2, 0.25) is 0 Å². The number of hydrogen-bond acceptors (Lipinski definition) is 3. The molecule has 1 fully saturated rings. The first-order valence-electron chi connectivity index (χ1n) is 17.6. The largest absolute Gasteiger partial charge is 0.481 e. The Labute approximate surface area is 271 Å². The van der Waals surface area contributed by atoms with Crippen LogP contribution in [-0.2, 0) is 20.7 Å². The summed E-state index contributed by atoms with van der Waals surface area (Å²) in [5.74, 6) is 0.131. The van der Waals surface area contributed by atoms with E-state index in [0.29, 0.717) is 17.8 Å². The third-order valence-corrected chi connectivity index (χ3v) is 13.6. The Hall–Kier alpha value is -4.70. The number of carboxylic acids is 1. The van der Waals surface area contributed by atoms with Gasteiger partial charge in [0.05, 0.1) is 12.8 Å². The zero-order valence-corrected chi connectivity index (χ0v) is 25.8. The van der Waals surface area contributed by atoms with Gasteiger partial charge in [-0.1, -0.05) is 54.2 Å². The number of carbonyl (C=O) groups is 2. The molecule has 0 bridgehead atoms. The van der Waals surface area contributed by atoms with Gasteiger partial charge >= 0.3 is 11.9 Å². The summed E-state index contributed by atoms with van der Waals surface area (Å²) in [6.07, 6.45) is 17.8. The fourth-order valence-corrected chi connectivity index (χ4v) is 12.1. The first-order valence-corrected chi connectivity index (χ1v) is 17.6. The third kappa shape index (κ3) is 2.58. The summed E-state index contributed by atoms with van der Waals surface area (Å²) < 4.78 is 6.01. The number of aliphatic carboxylic acids is 1. The number of carbonyl (C=O) groups excluding carboxylic acids is 1. The van der Waals surface area contributed by atoms with Gasteiger partial charge in [0.25, 0.3) is 0 Å². The second-order valence-corrected chi connectivity index (χ2v) is 15.5. The van der Waals surface area contributed by atoms with Gasteiger partial charge in [-0.25, -0.2) is 0 Å². The molecule has 5 atom stereocenters. The molecule has 4 aromatic rings.